The van der Waals surface area contributed by atoms with Crippen LogP contribution in [0.5, 0.6) is 0 Å². The molecule has 1 N–H and O–H groups in total. The molecule has 0 spiro atoms. The van der Waals surface area contributed by atoms with E-state index in [9.17, 15) is 0 Å². The number of piperazine rings is 1. The number of aromatic nitrogens is 2. The summed E-state index contributed by atoms with van der Waals surface area (Å²) in [5.41, 5.74) is 3.45. The van der Waals surface area contributed by atoms with Gasteiger partial charge in [-0.15, -0.1) is 0 Å². The molecular weight excluding hydrogens is 388 g/mol. The Balaban J connectivity index is 1.28. The maximum atomic E-state index is 5.91. The Morgan fingerprint density at radius 2 is 1.71 bits per heavy atom. The molecule has 0 saturated carbocycles. The van der Waals surface area contributed by atoms with Gasteiger partial charge in [-0.05, 0) is 36.9 Å². The van der Waals surface area contributed by atoms with Gasteiger partial charge in [0.15, 0.2) is 5.82 Å². The van der Waals surface area contributed by atoms with Crippen molar-refractivity contribution in [3.8, 4) is 0 Å². The first-order chi connectivity index (χ1) is 15.3. The third-order valence-corrected chi connectivity index (χ3v) is 5.95. The van der Waals surface area contributed by atoms with Crippen LogP contribution in [0.4, 0.5) is 23.1 Å². The number of likely N-dealkylation sites (N-methyl/N-ethyl adjacent to an activating group) is 1. The molecule has 2 aliphatic rings. The molecule has 2 saturated heterocycles. The van der Waals surface area contributed by atoms with Crippen molar-refractivity contribution in [1.29, 1.82) is 0 Å². The highest BCUT2D eigenvalue weighted by atomic mass is 16.7. The minimum absolute atomic E-state index is 0.159. The molecule has 3 aromatic rings. The number of nitrogens with zero attached hydrogens (tertiary/aromatic N) is 5. The Morgan fingerprint density at radius 1 is 0.935 bits per heavy atom. The van der Waals surface area contributed by atoms with Gasteiger partial charge in [0, 0.05) is 56.2 Å². The lowest BCUT2D eigenvalue weighted by Crippen LogP contribution is -2.44. The molecule has 1 atom stereocenters. The van der Waals surface area contributed by atoms with Crippen LogP contribution in [0.3, 0.4) is 0 Å². The van der Waals surface area contributed by atoms with Crippen molar-refractivity contribution in [3.63, 3.8) is 0 Å². The Morgan fingerprint density at radius 3 is 2.48 bits per heavy atom. The lowest BCUT2D eigenvalue weighted by molar-refractivity contribution is 0.157. The van der Waals surface area contributed by atoms with E-state index in [4.69, 9.17) is 9.82 Å². The maximum absolute atomic E-state index is 5.91. The van der Waals surface area contributed by atoms with Crippen molar-refractivity contribution in [2.45, 2.75) is 12.5 Å². The van der Waals surface area contributed by atoms with Crippen molar-refractivity contribution in [2.75, 3.05) is 55.1 Å². The SMILES string of the molecule is CN1CCN(c2ccc(Nc3nccc(N4OCCC4c4ccccc4)n3)cc2)CC1. The third kappa shape index (κ3) is 4.47. The standard InChI is InChI=1S/C24H28N6O/c1-28-14-16-29(17-15-28)21-9-7-20(8-10-21)26-24-25-13-11-23(27-24)30-22(12-18-31-30)19-5-3-2-4-6-19/h2-11,13,22H,12,14-18H2,1H3,(H,25,26,27). The van der Waals surface area contributed by atoms with Crippen LogP contribution in [-0.2, 0) is 4.84 Å². The van der Waals surface area contributed by atoms with E-state index in [2.05, 4.69) is 75.7 Å². The zero-order valence-corrected chi connectivity index (χ0v) is 17.8. The summed E-state index contributed by atoms with van der Waals surface area (Å²) < 4.78 is 0. The highest BCUT2D eigenvalue weighted by Gasteiger charge is 2.29. The normalized spacial score (nSPS) is 19.6. The first kappa shape index (κ1) is 19.8. The monoisotopic (exact) mass is 416 g/mol. The van der Waals surface area contributed by atoms with Crippen molar-refractivity contribution in [2.24, 2.45) is 0 Å². The fraction of sp³-hybridized carbons (Fsp3) is 0.333. The van der Waals surface area contributed by atoms with Gasteiger partial charge in [-0.3, -0.25) is 4.84 Å². The van der Waals surface area contributed by atoms with Crippen LogP contribution in [0.2, 0.25) is 0 Å². The summed E-state index contributed by atoms with van der Waals surface area (Å²) in [6, 6.07) is 21.0. The molecule has 0 aliphatic carbocycles. The first-order valence-electron chi connectivity index (χ1n) is 10.9. The topological polar surface area (TPSA) is 56.8 Å². The van der Waals surface area contributed by atoms with Gasteiger partial charge in [-0.25, -0.2) is 10.0 Å². The summed E-state index contributed by atoms with van der Waals surface area (Å²) in [6.07, 6.45) is 2.71. The largest absolute Gasteiger partial charge is 0.369 e. The van der Waals surface area contributed by atoms with Crippen molar-refractivity contribution >= 4 is 23.1 Å². The molecule has 0 amide bonds. The number of nitrogens with one attached hydrogen (secondary N) is 1. The highest BCUT2D eigenvalue weighted by Crippen LogP contribution is 2.34. The predicted octanol–water partition coefficient (Wildman–Crippen LogP) is 3.86. The van der Waals surface area contributed by atoms with E-state index in [0.29, 0.717) is 12.6 Å². The van der Waals surface area contributed by atoms with Gasteiger partial charge in [-0.1, -0.05) is 30.3 Å². The lowest BCUT2D eigenvalue weighted by Gasteiger charge is -2.34. The smallest absolute Gasteiger partial charge is 0.229 e. The Bertz CT molecular complexity index is 988. The minimum atomic E-state index is 0.159. The molecule has 0 radical (unpaired) electrons. The zero-order chi connectivity index (χ0) is 21.0. The summed E-state index contributed by atoms with van der Waals surface area (Å²) >= 11 is 0. The molecular formula is C24H28N6O. The second-order valence-corrected chi connectivity index (χ2v) is 8.07. The molecule has 2 aromatic carbocycles. The number of hydrogen-bond acceptors (Lipinski definition) is 7. The number of rotatable bonds is 5. The van der Waals surface area contributed by atoms with Crippen molar-refractivity contribution < 1.29 is 4.84 Å². The van der Waals surface area contributed by atoms with Crippen LogP contribution >= 0.6 is 0 Å². The summed E-state index contributed by atoms with van der Waals surface area (Å²) in [5, 5.41) is 5.23. The highest BCUT2D eigenvalue weighted by molar-refractivity contribution is 5.60. The van der Waals surface area contributed by atoms with Crippen LogP contribution in [0.1, 0.15) is 18.0 Å². The lowest BCUT2D eigenvalue weighted by atomic mass is 10.0. The van der Waals surface area contributed by atoms with E-state index in [-0.39, 0.29) is 6.04 Å². The molecule has 160 valence electrons. The molecule has 2 aliphatic heterocycles. The quantitative estimate of drug-likeness (QED) is 0.678. The third-order valence-electron chi connectivity index (χ3n) is 5.95. The average Bonchev–Trinajstić information content (AvgIpc) is 3.31. The van der Waals surface area contributed by atoms with Gasteiger partial charge in [0.05, 0.1) is 12.6 Å². The van der Waals surface area contributed by atoms with Gasteiger partial charge >= 0.3 is 0 Å². The fourth-order valence-corrected chi connectivity index (χ4v) is 4.15. The van der Waals surface area contributed by atoms with E-state index < -0.39 is 0 Å². The second kappa shape index (κ2) is 8.91. The van der Waals surface area contributed by atoms with E-state index >= 15 is 0 Å². The number of benzene rings is 2. The first-order valence-corrected chi connectivity index (χ1v) is 10.9. The molecule has 7 nitrogen and oxygen atoms in total. The molecule has 5 rings (SSSR count). The number of anilines is 4. The summed E-state index contributed by atoms with van der Waals surface area (Å²) in [5.74, 6) is 1.32. The van der Waals surface area contributed by atoms with Crippen LogP contribution in [0.25, 0.3) is 0 Å². The fourth-order valence-electron chi connectivity index (χ4n) is 4.15. The van der Waals surface area contributed by atoms with Crippen LogP contribution < -0.4 is 15.3 Å². The van der Waals surface area contributed by atoms with E-state index in [1.807, 2.05) is 17.2 Å². The van der Waals surface area contributed by atoms with Crippen LogP contribution in [0.15, 0.2) is 66.9 Å². The summed E-state index contributed by atoms with van der Waals surface area (Å²) in [4.78, 5) is 19.8. The summed E-state index contributed by atoms with van der Waals surface area (Å²) in [7, 11) is 2.17. The number of hydrogen-bond donors (Lipinski definition) is 1. The van der Waals surface area contributed by atoms with Gasteiger partial charge < -0.3 is 15.1 Å². The van der Waals surface area contributed by atoms with E-state index in [1.165, 1.54) is 11.3 Å². The molecule has 1 aromatic heterocycles. The van der Waals surface area contributed by atoms with Gasteiger partial charge in [0.1, 0.15) is 0 Å². The molecule has 1 unspecified atom stereocenters. The molecule has 0 bridgehead atoms. The Labute approximate surface area is 183 Å². The molecule has 7 heteroatoms. The second-order valence-electron chi connectivity index (χ2n) is 8.07. The van der Waals surface area contributed by atoms with Crippen LogP contribution in [0, 0.1) is 0 Å². The Hall–Kier alpha value is -3.16. The summed E-state index contributed by atoms with van der Waals surface area (Å²) in [6.45, 7) is 5.01. The average molecular weight is 417 g/mol. The maximum Gasteiger partial charge on any atom is 0.229 e. The molecule has 31 heavy (non-hydrogen) atoms. The van der Waals surface area contributed by atoms with Crippen molar-refractivity contribution in [1.82, 2.24) is 14.9 Å². The van der Waals surface area contributed by atoms with Crippen LogP contribution in [-0.4, -0.2) is 54.7 Å². The molecule has 3 heterocycles. The van der Waals surface area contributed by atoms with Gasteiger partial charge in [0.2, 0.25) is 5.95 Å². The Kier molecular flexibility index (Phi) is 5.69. The van der Waals surface area contributed by atoms with E-state index in [0.717, 1.165) is 44.1 Å². The molecule has 2 fully saturated rings. The van der Waals surface area contributed by atoms with Gasteiger partial charge in [0.25, 0.3) is 0 Å². The predicted molar refractivity (Wildman–Crippen MR) is 124 cm³/mol. The van der Waals surface area contributed by atoms with Gasteiger partial charge in [-0.2, -0.15) is 4.98 Å². The zero-order valence-electron chi connectivity index (χ0n) is 17.8. The van der Waals surface area contributed by atoms with E-state index in [1.54, 1.807) is 6.20 Å². The van der Waals surface area contributed by atoms with Crippen molar-refractivity contribution in [3.05, 3.63) is 72.4 Å². The minimum Gasteiger partial charge on any atom is -0.369 e. The number of hydroxylamine groups is 1.